The van der Waals surface area contributed by atoms with Gasteiger partial charge in [0.15, 0.2) is 0 Å². The molecule has 0 spiro atoms. The molecule has 2 aromatic carbocycles. The van der Waals surface area contributed by atoms with Crippen molar-refractivity contribution in [2.75, 3.05) is 18.8 Å². The topological polar surface area (TPSA) is 145 Å². The first-order chi connectivity index (χ1) is 20.5. The van der Waals surface area contributed by atoms with Gasteiger partial charge in [0.05, 0.1) is 0 Å². The summed E-state index contributed by atoms with van der Waals surface area (Å²) < 4.78 is 15.7. The molecule has 0 fully saturated rings. The number of hydrogen-bond acceptors (Lipinski definition) is 6. The lowest BCUT2D eigenvalue weighted by Gasteiger charge is -2.29. The minimum Gasteiger partial charge on any atom is -0.404 e. The van der Waals surface area contributed by atoms with E-state index in [1.807, 2.05) is 35.2 Å². The average Bonchev–Trinajstić information content (AvgIpc) is 2.96. The largest absolute Gasteiger partial charge is 0.524 e. The Hall–Kier alpha value is -2.85. The maximum Gasteiger partial charge on any atom is 0.524 e. The van der Waals surface area contributed by atoms with Crippen LogP contribution in [0.3, 0.4) is 0 Å². The molecule has 0 heterocycles. The fourth-order valence-electron chi connectivity index (χ4n) is 4.49. The number of thioether (sulfide) groups is 1. The lowest BCUT2D eigenvalue weighted by molar-refractivity contribution is -0.136. The second-order valence-corrected chi connectivity index (χ2v) is 12.7. The van der Waals surface area contributed by atoms with E-state index in [1.165, 1.54) is 19.1 Å². The van der Waals surface area contributed by atoms with Crippen molar-refractivity contribution in [1.29, 1.82) is 0 Å². The molecule has 0 radical (unpaired) electrons. The van der Waals surface area contributed by atoms with Crippen molar-refractivity contribution in [2.24, 2.45) is 0 Å². The smallest absolute Gasteiger partial charge is 0.404 e. The van der Waals surface area contributed by atoms with E-state index in [0.29, 0.717) is 30.2 Å². The van der Waals surface area contributed by atoms with E-state index in [0.717, 1.165) is 44.1 Å². The molecule has 2 aromatic rings. The van der Waals surface area contributed by atoms with E-state index >= 15 is 0 Å². The zero-order chi connectivity index (χ0) is 31.7. The first kappa shape index (κ1) is 36.3. The molecule has 238 valence electrons. The highest BCUT2D eigenvalue weighted by atomic mass is 32.2. The van der Waals surface area contributed by atoms with Crippen LogP contribution in [-0.4, -0.2) is 63.3 Å². The van der Waals surface area contributed by atoms with Gasteiger partial charge in [-0.25, -0.2) is 4.57 Å². The second-order valence-electron chi connectivity index (χ2n) is 10.5. The molecule has 3 amide bonds. The molecule has 0 saturated carbocycles. The Morgan fingerprint density at radius 1 is 0.860 bits per heavy atom. The van der Waals surface area contributed by atoms with Crippen molar-refractivity contribution in [3.63, 3.8) is 0 Å². The summed E-state index contributed by atoms with van der Waals surface area (Å²) in [4.78, 5) is 59.4. The Labute approximate surface area is 259 Å². The van der Waals surface area contributed by atoms with Gasteiger partial charge in [0.2, 0.25) is 17.7 Å². The van der Waals surface area contributed by atoms with Crippen LogP contribution in [0.15, 0.2) is 54.6 Å². The summed E-state index contributed by atoms with van der Waals surface area (Å²) in [7, 11) is -4.71. The van der Waals surface area contributed by atoms with E-state index in [-0.39, 0.29) is 18.1 Å². The average molecular weight is 636 g/mol. The van der Waals surface area contributed by atoms with Crippen LogP contribution in [0.2, 0.25) is 0 Å². The van der Waals surface area contributed by atoms with Crippen LogP contribution in [0.1, 0.15) is 70.4 Å². The molecule has 0 aliphatic carbocycles. The third kappa shape index (κ3) is 14.9. The fourth-order valence-corrected chi connectivity index (χ4v) is 5.89. The SMILES string of the molecule is CCCCCN(CCCCC)C(=O)[C@H](CSCc1ccccc1)NC(=O)[C@H](Cc1ccc(OP(=O)(O)O)cc1)NC(C)=O. The molecule has 0 saturated heterocycles. The van der Waals surface area contributed by atoms with Crippen LogP contribution in [0.4, 0.5) is 0 Å². The molecular weight excluding hydrogens is 589 g/mol. The normalized spacial score (nSPS) is 12.7. The molecule has 0 aromatic heterocycles. The summed E-state index contributed by atoms with van der Waals surface area (Å²) in [6.45, 7) is 6.81. The van der Waals surface area contributed by atoms with Gasteiger partial charge in [0.25, 0.3) is 0 Å². The minimum atomic E-state index is -4.71. The summed E-state index contributed by atoms with van der Waals surface area (Å²) in [5, 5.41) is 5.62. The summed E-state index contributed by atoms with van der Waals surface area (Å²) >= 11 is 1.57. The molecule has 43 heavy (non-hydrogen) atoms. The highest BCUT2D eigenvalue weighted by Crippen LogP contribution is 2.37. The number of amides is 3. The molecular formula is C31H46N3O7PS. The van der Waals surface area contributed by atoms with Gasteiger partial charge in [-0.1, -0.05) is 82.0 Å². The number of unbranched alkanes of at least 4 members (excludes halogenated alkanes) is 4. The molecule has 0 unspecified atom stereocenters. The number of phosphoric acid groups is 1. The van der Waals surface area contributed by atoms with E-state index in [4.69, 9.17) is 9.79 Å². The first-order valence-corrected chi connectivity index (χ1v) is 17.5. The standard InChI is InChI=1S/C31H46N3O7PS/c1-4-6-11-19-34(20-12-7-5-2)31(37)29(23-43-22-26-13-9-8-10-14-26)33-30(36)28(32-24(3)35)21-25-15-17-27(18-16-25)41-42(38,39)40/h8-10,13-18,28-29H,4-7,11-12,19-23H2,1-3H3,(H,32,35)(H,33,36)(H2,38,39,40)/t28-,29-/m0/s1. The van der Waals surface area contributed by atoms with E-state index in [2.05, 4.69) is 29.0 Å². The predicted octanol–water partition coefficient (Wildman–Crippen LogP) is 4.83. The summed E-state index contributed by atoms with van der Waals surface area (Å²) in [6.07, 6.45) is 5.99. The quantitative estimate of drug-likeness (QED) is 0.120. The van der Waals surface area contributed by atoms with Crippen molar-refractivity contribution in [1.82, 2.24) is 15.5 Å². The van der Waals surface area contributed by atoms with Gasteiger partial charge in [-0.05, 0) is 36.1 Å². The number of benzene rings is 2. The number of nitrogens with zero attached hydrogens (tertiary/aromatic N) is 1. The van der Waals surface area contributed by atoms with Gasteiger partial charge in [-0.3, -0.25) is 24.2 Å². The van der Waals surface area contributed by atoms with Gasteiger partial charge in [-0.2, -0.15) is 11.8 Å². The lowest BCUT2D eigenvalue weighted by Crippen LogP contribution is -2.56. The molecule has 2 rings (SSSR count). The minimum absolute atomic E-state index is 0.0232. The zero-order valence-electron chi connectivity index (χ0n) is 25.4. The van der Waals surface area contributed by atoms with Gasteiger partial charge in [0.1, 0.15) is 17.8 Å². The maximum absolute atomic E-state index is 13.9. The van der Waals surface area contributed by atoms with Crippen LogP contribution in [-0.2, 0) is 31.1 Å². The summed E-state index contributed by atoms with van der Waals surface area (Å²) in [5.41, 5.74) is 1.75. The molecule has 4 N–H and O–H groups in total. The third-order valence-electron chi connectivity index (χ3n) is 6.67. The van der Waals surface area contributed by atoms with Crippen LogP contribution in [0.5, 0.6) is 5.75 Å². The van der Waals surface area contributed by atoms with Crippen molar-refractivity contribution >= 4 is 37.3 Å². The molecule has 12 heteroatoms. The van der Waals surface area contributed by atoms with Crippen LogP contribution in [0.25, 0.3) is 0 Å². The van der Waals surface area contributed by atoms with Crippen molar-refractivity contribution in [3.8, 4) is 5.75 Å². The fraction of sp³-hybridized carbons (Fsp3) is 0.516. The van der Waals surface area contributed by atoms with Gasteiger partial charge in [0, 0.05) is 37.9 Å². The summed E-state index contributed by atoms with van der Waals surface area (Å²) in [6, 6.07) is 14.1. The van der Waals surface area contributed by atoms with E-state index in [1.54, 1.807) is 23.9 Å². The van der Waals surface area contributed by atoms with Gasteiger partial charge in [-0.15, -0.1) is 0 Å². The van der Waals surface area contributed by atoms with Crippen LogP contribution in [0, 0.1) is 0 Å². The van der Waals surface area contributed by atoms with Gasteiger partial charge < -0.3 is 20.1 Å². The van der Waals surface area contributed by atoms with Gasteiger partial charge >= 0.3 is 7.82 Å². The molecule has 10 nitrogen and oxygen atoms in total. The number of rotatable bonds is 20. The Kier molecular flexibility index (Phi) is 16.4. The molecule has 0 aliphatic heterocycles. The Bertz CT molecular complexity index is 1170. The van der Waals surface area contributed by atoms with Crippen LogP contribution >= 0.6 is 19.6 Å². The first-order valence-electron chi connectivity index (χ1n) is 14.8. The lowest BCUT2D eigenvalue weighted by atomic mass is 10.0. The number of carbonyl (C=O) groups is 3. The van der Waals surface area contributed by atoms with Crippen molar-refractivity contribution in [3.05, 3.63) is 65.7 Å². The molecule has 0 bridgehead atoms. The number of nitrogens with one attached hydrogen (secondary N) is 2. The second kappa shape index (κ2) is 19.4. The number of carbonyl (C=O) groups excluding carboxylic acids is 3. The van der Waals surface area contributed by atoms with Crippen molar-refractivity contribution in [2.45, 2.75) is 83.6 Å². The Morgan fingerprint density at radius 3 is 2.00 bits per heavy atom. The Balaban J connectivity index is 2.23. The number of phosphoric ester groups is 1. The highest BCUT2D eigenvalue weighted by molar-refractivity contribution is 7.98. The van der Waals surface area contributed by atoms with Crippen molar-refractivity contribution < 1.29 is 33.3 Å². The summed E-state index contributed by atoms with van der Waals surface area (Å²) in [5.74, 6) is 0.0324. The van der Waals surface area contributed by atoms with E-state index in [9.17, 15) is 18.9 Å². The van der Waals surface area contributed by atoms with E-state index < -0.39 is 31.7 Å². The third-order valence-corrected chi connectivity index (χ3v) is 8.22. The predicted molar refractivity (Wildman–Crippen MR) is 171 cm³/mol. The number of hydrogen-bond donors (Lipinski definition) is 4. The monoisotopic (exact) mass is 635 g/mol. The zero-order valence-corrected chi connectivity index (χ0v) is 27.1. The maximum atomic E-state index is 13.9. The molecule has 0 aliphatic rings. The Morgan fingerprint density at radius 2 is 1.47 bits per heavy atom. The highest BCUT2D eigenvalue weighted by Gasteiger charge is 2.29. The van der Waals surface area contributed by atoms with Crippen LogP contribution < -0.4 is 15.2 Å². The molecule has 2 atom stereocenters.